The zero-order valence-electron chi connectivity index (χ0n) is 10.4. The van der Waals surface area contributed by atoms with Gasteiger partial charge in [0.1, 0.15) is 0 Å². The predicted octanol–water partition coefficient (Wildman–Crippen LogP) is 0.529. The van der Waals surface area contributed by atoms with Crippen molar-refractivity contribution >= 4 is 0 Å². The van der Waals surface area contributed by atoms with Crippen LogP contribution in [0.15, 0.2) is 10.6 Å². The zero-order chi connectivity index (χ0) is 12.1. The van der Waals surface area contributed by atoms with Gasteiger partial charge in [-0.25, -0.2) is 0 Å². The van der Waals surface area contributed by atoms with E-state index in [-0.39, 0.29) is 6.61 Å². The number of aliphatic hydroxyl groups excluding tert-OH is 1. The second-order valence-electron chi connectivity index (χ2n) is 4.69. The third-order valence-electron chi connectivity index (χ3n) is 3.11. The van der Waals surface area contributed by atoms with E-state index in [1.807, 2.05) is 13.0 Å². The second-order valence-corrected chi connectivity index (χ2v) is 4.69. The first-order chi connectivity index (χ1) is 8.28. The zero-order valence-corrected chi connectivity index (χ0v) is 10.4. The lowest BCUT2D eigenvalue weighted by atomic mass is 10.2. The second kappa shape index (κ2) is 6.14. The largest absolute Gasteiger partial charge is 0.395 e. The van der Waals surface area contributed by atoms with Gasteiger partial charge in [-0.05, 0) is 26.3 Å². The van der Waals surface area contributed by atoms with Crippen LogP contribution in [0.1, 0.15) is 24.3 Å². The van der Waals surface area contributed by atoms with E-state index in [2.05, 4.69) is 15.4 Å². The molecule has 1 aliphatic heterocycles. The first-order valence-electron chi connectivity index (χ1n) is 6.26. The van der Waals surface area contributed by atoms with E-state index in [1.54, 1.807) is 0 Å². The van der Waals surface area contributed by atoms with Gasteiger partial charge >= 0.3 is 0 Å². The minimum Gasteiger partial charge on any atom is -0.395 e. The number of aryl methyl sites for hydroxylation is 1. The Morgan fingerprint density at radius 3 is 3.12 bits per heavy atom. The summed E-state index contributed by atoms with van der Waals surface area (Å²) in [7, 11) is 0. The highest BCUT2D eigenvalue weighted by atomic mass is 16.5. The molecule has 2 N–H and O–H groups in total. The van der Waals surface area contributed by atoms with Gasteiger partial charge in [0.25, 0.3) is 0 Å². The minimum absolute atomic E-state index is 0.180. The van der Waals surface area contributed by atoms with Gasteiger partial charge in [-0.2, -0.15) is 0 Å². The lowest BCUT2D eigenvalue weighted by Gasteiger charge is -2.23. The van der Waals surface area contributed by atoms with Crippen LogP contribution in [-0.4, -0.2) is 47.4 Å². The van der Waals surface area contributed by atoms with Crippen LogP contribution in [0.5, 0.6) is 0 Å². The molecule has 1 atom stereocenters. The van der Waals surface area contributed by atoms with Gasteiger partial charge in [0.15, 0.2) is 5.76 Å². The van der Waals surface area contributed by atoms with Crippen LogP contribution in [0.25, 0.3) is 0 Å². The van der Waals surface area contributed by atoms with Gasteiger partial charge in [-0.3, -0.25) is 4.90 Å². The molecule has 0 saturated carbocycles. The summed E-state index contributed by atoms with van der Waals surface area (Å²) in [5, 5.41) is 16.4. The number of aromatic nitrogens is 1. The van der Waals surface area contributed by atoms with Crippen molar-refractivity contribution in [2.45, 2.75) is 32.4 Å². The highest BCUT2D eigenvalue weighted by Crippen LogP contribution is 2.11. The van der Waals surface area contributed by atoms with Gasteiger partial charge in [0.05, 0.1) is 18.8 Å². The van der Waals surface area contributed by atoms with Crippen LogP contribution in [-0.2, 0) is 6.54 Å². The van der Waals surface area contributed by atoms with Crippen LogP contribution in [0.2, 0.25) is 0 Å². The smallest absolute Gasteiger partial charge is 0.150 e. The van der Waals surface area contributed by atoms with Crippen LogP contribution in [0.3, 0.4) is 0 Å². The maximum Gasteiger partial charge on any atom is 0.150 e. The highest BCUT2D eigenvalue weighted by Gasteiger charge is 2.18. The van der Waals surface area contributed by atoms with Crippen molar-refractivity contribution in [3.05, 3.63) is 17.5 Å². The van der Waals surface area contributed by atoms with Gasteiger partial charge in [0, 0.05) is 25.2 Å². The molecule has 0 aliphatic carbocycles. The molecule has 17 heavy (non-hydrogen) atoms. The SMILES string of the molecule is Cc1cc(CN(CCO)CC2CCCN2)on1. The first-order valence-corrected chi connectivity index (χ1v) is 6.26. The molecule has 0 radical (unpaired) electrons. The van der Waals surface area contributed by atoms with Crippen molar-refractivity contribution in [2.75, 3.05) is 26.2 Å². The van der Waals surface area contributed by atoms with Gasteiger partial charge in [-0.15, -0.1) is 0 Å². The van der Waals surface area contributed by atoms with Crippen molar-refractivity contribution in [1.82, 2.24) is 15.4 Å². The molecule has 0 bridgehead atoms. The number of hydrogen-bond acceptors (Lipinski definition) is 5. The van der Waals surface area contributed by atoms with E-state index in [1.165, 1.54) is 12.8 Å². The molecule has 0 amide bonds. The fourth-order valence-electron chi connectivity index (χ4n) is 2.31. The molecule has 1 fully saturated rings. The number of nitrogens with one attached hydrogen (secondary N) is 1. The molecule has 1 aliphatic rings. The van der Waals surface area contributed by atoms with Crippen LogP contribution < -0.4 is 5.32 Å². The fourth-order valence-corrected chi connectivity index (χ4v) is 2.31. The predicted molar refractivity (Wildman–Crippen MR) is 64.6 cm³/mol. The lowest BCUT2D eigenvalue weighted by molar-refractivity contribution is 0.165. The Morgan fingerprint density at radius 2 is 2.53 bits per heavy atom. The molecule has 5 nitrogen and oxygen atoms in total. The Kier molecular flexibility index (Phi) is 4.53. The summed E-state index contributed by atoms with van der Waals surface area (Å²) in [4.78, 5) is 2.21. The summed E-state index contributed by atoms with van der Waals surface area (Å²) >= 11 is 0. The Balaban J connectivity index is 1.87. The molecule has 96 valence electrons. The summed E-state index contributed by atoms with van der Waals surface area (Å²) in [6.07, 6.45) is 2.47. The van der Waals surface area contributed by atoms with E-state index < -0.39 is 0 Å². The maximum absolute atomic E-state index is 9.09. The van der Waals surface area contributed by atoms with Crippen LogP contribution >= 0.6 is 0 Å². The molecule has 5 heteroatoms. The van der Waals surface area contributed by atoms with Crippen molar-refractivity contribution in [1.29, 1.82) is 0 Å². The fraction of sp³-hybridized carbons (Fsp3) is 0.750. The molecule has 1 aromatic rings. The number of nitrogens with zero attached hydrogens (tertiary/aromatic N) is 2. The summed E-state index contributed by atoms with van der Waals surface area (Å²) in [6, 6.07) is 2.50. The van der Waals surface area contributed by atoms with Crippen molar-refractivity contribution in [3.63, 3.8) is 0 Å². The highest BCUT2D eigenvalue weighted by molar-refractivity contribution is 5.03. The molecule has 1 aromatic heterocycles. The summed E-state index contributed by atoms with van der Waals surface area (Å²) in [5.41, 5.74) is 0.905. The number of rotatable bonds is 6. The topological polar surface area (TPSA) is 61.5 Å². The quantitative estimate of drug-likeness (QED) is 0.758. The van der Waals surface area contributed by atoms with E-state index in [4.69, 9.17) is 9.63 Å². The molecule has 1 saturated heterocycles. The van der Waals surface area contributed by atoms with Gasteiger partial charge in [-0.1, -0.05) is 5.16 Å². The molecule has 2 heterocycles. The third kappa shape index (κ3) is 3.80. The monoisotopic (exact) mass is 239 g/mol. The normalized spacial score (nSPS) is 20.3. The number of hydrogen-bond donors (Lipinski definition) is 2. The average molecular weight is 239 g/mol. The van der Waals surface area contributed by atoms with Crippen molar-refractivity contribution < 1.29 is 9.63 Å². The number of aliphatic hydroxyl groups is 1. The van der Waals surface area contributed by atoms with E-state index in [9.17, 15) is 0 Å². The maximum atomic E-state index is 9.09. The van der Waals surface area contributed by atoms with Crippen LogP contribution in [0, 0.1) is 6.92 Å². The van der Waals surface area contributed by atoms with Gasteiger partial charge < -0.3 is 14.9 Å². The van der Waals surface area contributed by atoms with E-state index in [0.717, 1.165) is 31.1 Å². The molecule has 0 aromatic carbocycles. The molecule has 1 unspecified atom stereocenters. The van der Waals surface area contributed by atoms with Gasteiger partial charge in [0.2, 0.25) is 0 Å². The average Bonchev–Trinajstić information content (AvgIpc) is 2.91. The Bertz CT molecular complexity index is 334. The molecular weight excluding hydrogens is 218 g/mol. The third-order valence-corrected chi connectivity index (χ3v) is 3.11. The van der Waals surface area contributed by atoms with Crippen LogP contribution in [0.4, 0.5) is 0 Å². The van der Waals surface area contributed by atoms with Crippen molar-refractivity contribution in [3.8, 4) is 0 Å². The van der Waals surface area contributed by atoms with E-state index >= 15 is 0 Å². The summed E-state index contributed by atoms with van der Waals surface area (Å²) in [5.74, 6) is 0.869. The lowest BCUT2D eigenvalue weighted by Crippen LogP contribution is -2.38. The minimum atomic E-state index is 0.180. The summed E-state index contributed by atoms with van der Waals surface area (Å²) in [6.45, 7) is 5.57. The summed E-state index contributed by atoms with van der Waals surface area (Å²) < 4.78 is 5.21. The van der Waals surface area contributed by atoms with E-state index in [0.29, 0.717) is 12.6 Å². The first kappa shape index (κ1) is 12.5. The Labute approximate surface area is 102 Å². The molecular formula is C12H21N3O2. The molecule has 2 rings (SSSR count). The molecule has 0 spiro atoms. The Morgan fingerprint density at radius 1 is 1.65 bits per heavy atom. The standard InChI is InChI=1S/C12H21N3O2/c1-10-7-12(17-14-10)9-15(5-6-16)8-11-3-2-4-13-11/h7,11,13,16H,2-6,8-9H2,1H3. The van der Waals surface area contributed by atoms with Crippen molar-refractivity contribution in [2.24, 2.45) is 0 Å². The Hall–Kier alpha value is -0.910.